The van der Waals surface area contributed by atoms with Crippen LogP contribution in [-0.2, 0) is 0 Å². The number of hydrogen-bond donors (Lipinski definition) is 0. The van der Waals surface area contributed by atoms with Crippen molar-refractivity contribution in [2.24, 2.45) is 0 Å². The standard InChI is InChI=1S/C12H11N3S2/c1-2-16-12-10-8-9(11-4-3-7-17-11)14-15(10)6-5-13-12/h3-8H,2H2,1H3. The van der Waals surface area contributed by atoms with Crippen molar-refractivity contribution in [1.82, 2.24) is 14.6 Å². The molecule has 0 aromatic carbocycles. The second-order valence-corrected chi connectivity index (χ2v) is 5.70. The van der Waals surface area contributed by atoms with Crippen LogP contribution in [0.15, 0.2) is 41.0 Å². The number of rotatable bonds is 3. The zero-order valence-electron chi connectivity index (χ0n) is 9.33. The third-order valence-electron chi connectivity index (χ3n) is 2.41. The molecule has 0 spiro atoms. The zero-order chi connectivity index (χ0) is 11.7. The van der Waals surface area contributed by atoms with Gasteiger partial charge in [0.25, 0.3) is 0 Å². The lowest BCUT2D eigenvalue weighted by atomic mass is 10.3. The largest absolute Gasteiger partial charge is 0.246 e. The summed E-state index contributed by atoms with van der Waals surface area (Å²) in [5.74, 6) is 1.02. The van der Waals surface area contributed by atoms with Crippen molar-refractivity contribution in [3.05, 3.63) is 36.0 Å². The van der Waals surface area contributed by atoms with Gasteiger partial charge in [0.2, 0.25) is 0 Å². The molecular weight excluding hydrogens is 250 g/mol. The topological polar surface area (TPSA) is 30.2 Å². The van der Waals surface area contributed by atoms with E-state index in [0.717, 1.165) is 22.0 Å². The van der Waals surface area contributed by atoms with Gasteiger partial charge in [0.15, 0.2) is 0 Å². The molecule has 0 aliphatic rings. The second-order valence-electron chi connectivity index (χ2n) is 3.50. The molecule has 0 radical (unpaired) electrons. The van der Waals surface area contributed by atoms with E-state index in [2.05, 4.69) is 34.5 Å². The van der Waals surface area contributed by atoms with E-state index in [-0.39, 0.29) is 0 Å². The molecule has 0 unspecified atom stereocenters. The quantitative estimate of drug-likeness (QED) is 0.675. The first-order chi connectivity index (χ1) is 8.38. The summed E-state index contributed by atoms with van der Waals surface area (Å²) in [4.78, 5) is 5.59. The van der Waals surface area contributed by atoms with Crippen LogP contribution in [0.25, 0.3) is 16.1 Å². The monoisotopic (exact) mass is 261 g/mol. The van der Waals surface area contributed by atoms with Crippen LogP contribution in [0.2, 0.25) is 0 Å². The minimum Gasteiger partial charge on any atom is -0.246 e. The minimum absolute atomic E-state index is 1.02. The molecule has 0 saturated heterocycles. The minimum atomic E-state index is 1.02. The first kappa shape index (κ1) is 10.8. The van der Waals surface area contributed by atoms with Gasteiger partial charge in [-0.1, -0.05) is 13.0 Å². The van der Waals surface area contributed by atoms with Crippen molar-refractivity contribution >= 4 is 28.6 Å². The van der Waals surface area contributed by atoms with Crippen LogP contribution in [0.5, 0.6) is 0 Å². The van der Waals surface area contributed by atoms with Gasteiger partial charge in [0, 0.05) is 12.4 Å². The summed E-state index contributed by atoms with van der Waals surface area (Å²) >= 11 is 3.45. The molecule has 0 amide bonds. The fourth-order valence-corrected chi connectivity index (χ4v) is 3.08. The summed E-state index contributed by atoms with van der Waals surface area (Å²) in [6.45, 7) is 2.13. The first-order valence-corrected chi connectivity index (χ1v) is 7.26. The maximum absolute atomic E-state index is 4.57. The van der Waals surface area contributed by atoms with Gasteiger partial charge in [0.1, 0.15) is 10.7 Å². The Morgan fingerprint density at radius 2 is 2.41 bits per heavy atom. The molecule has 0 aliphatic heterocycles. The third-order valence-corrected chi connectivity index (χ3v) is 4.18. The molecule has 0 atom stereocenters. The molecule has 3 nitrogen and oxygen atoms in total. The van der Waals surface area contributed by atoms with E-state index >= 15 is 0 Å². The smallest absolute Gasteiger partial charge is 0.122 e. The Kier molecular flexibility index (Phi) is 2.86. The highest BCUT2D eigenvalue weighted by atomic mass is 32.2. The van der Waals surface area contributed by atoms with E-state index in [0.29, 0.717) is 0 Å². The summed E-state index contributed by atoms with van der Waals surface area (Å²) in [6.07, 6.45) is 3.70. The summed E-state index contributed by atoms with van der Waals surface area (Å²) in [5, 5.41) is 7.69. The summed E-state index contributed by atoms with van der Waals surface area (Å²) in [6, 6.07) is 6.24. The van der Waals surface area contributed by atoms with Gasteiger partial charge in [-0.05, 0) is 23.3 Å². The molecule has 0 aliphatic carbocycles. The fraction of sp³-hybridized carbons (Fsp3) is 0.167. The Morgan fingerprint density at radius 3 is 3.18 bits per heavy atom. The molecule has 3 heterocycles. The average molecular weight is 261 g/mol. The molecule has 5 heteroatoms. The van der Waals surface area contributed by atoms with Crippen molar-refractivity contribution in [1.29, 1.82) is 0 Å². The molecule has 0 N–H and O–H groups in total. The van der Waals surface area contributed by atoms with E-state index in [1.165, 1.54) is 4.88 Å². The molecule has 0 saturated carbocycles. The molecule has 0 fully saturated rings. The summed E-state index contributed by atoms with van der Waals surface area (Å²) in [7, 11) is 0. The van der Waals surface area contributed by atoms with Crippen LogP contribution in [0.4, 0.5) is 0 Å². The Labute approximate surface area is 108 Å². The molecule has 3 aromatic rings. The fourth-order valence-electron chi connectivity index (χ4n) is 1.69. The van der Waals surface area contributed by atoms with Gasteiger partial charge < -0.3 is 0 Å². The highest BCUT2D eigenvalue weighted by Gasteiger charge is 2.09. The molecule has 86 valence electrons. The second kappa shape index (κ2) is 4.50. The van der Waals surface area contributed by atoms with Gasteiger partial charge in [-0.2, -0.15) is 5.10 Å². The predicted molar refractivity (Wildman–Crippen MR) is 72.7 cm³/mol. The van der Waals surface area contributed by atoms with Crippen LogP contribution < -0.4 is 0 Å². The Hall–Kier alpha value is -1.33. The number of fused-ring (bicyclic) bond motifs is 1. The third kappa shape index (κ3) is 1.96. The van der Waals surface area contributed by atoms with E-state index in [4.69, 9.17) is 0 Å². The number of aromatic nitrogens is 3. The van der Waals surface area contributed by atoms with E-state index in [1.54, 1.807) is 29.3 Å². The lowest BCUT2D eigenvalue weighted by molar-refractivity contribution is 0.921. The van der Waals surface area contributed by atoms with Crippen LogP contribution >= 0.6 is 23.1 Å². The highest BCUT2D eigenvalue weighted by Crippen LogP contribution is 2.27. The number of hydrogen-bond acceptors (Lipinski definition) is 4. The van der Waals surface area contributed by atoms with Crippen molar-refractivity contribution in [2.45, 2.75) is 11.9 Å². The maximum atomic E-state index is 4.57. The van der Waals surface area contributed by atoms with Gasteiger partial charge in [0.05, 0.1) is 10.4 Å². The lowest BCUT2D eigenvalue weighted by Gasteiger charge is -1.98. The molecule has 17 heavy (non-hydrogen) atoms. The van der Waals surface area contributed by atoms with Crippen molar-refractivity contribution in [3.8, 4) is 10.6 Å². The Bertz CT molecular complexity index is 628. The molecular formula is C12H11N3S2. The number of nitrogens with zero attached hydrogens (tertiary/aromatic N) is 3. The van der Waals surface area contributed by atoms with Crippen molar-refractivity contribution in [3.63, 3.8) is 0 Å². The van der Waals surface area contributed by atoms with Crippen LogP contribution in [0, 0.1) is 0 Å². The van der Waals surface area contributed by atoms with E-state index < -0.39 is 0 Å². The van der Waals surface area contributed by atoms with Crippen LogP contribution in [0.1, 0.15) is 6.92 Å². The zero-order valence-corrected chi connectivity index (χ0v) is 11.0. The summed E-state index contributed by atoms with van der Waals surface area (Å²) in [5.41, 5.74) is 2.11. The van der Waals surface area contributed by atoms with Gasteiger partial charge >= 0.3 is 0 Å². The Balaban J connectivity index is 2.15. The van der Waals surface area contributed by atoms with Gasteiger partial charge in [-0.3, -0.25) is 0 Å². The maximum Gasteiger partial charge on any atom is 0.122 e. The number of thioether (sulfide) groups is 1. The Morgan fingerprint density at radius 1 is 1.47 bits per heavy atom. The van der Waals surface area contributed by atoms with Crippen molar-refractivity contribution < 1.29 is 0 Å². The van der Waals surface area contributed by atoms with E-state index in [9.17, 15) is 0 Å². The number of thiophene rings is 1. The van der Waals surface area contributed by atoms with E-state index in [1.807, 2.05) is 16.8 Å². The first-order valence-electron chi connectivity index (χ1n) is 5.39. The average Bonchev–Trinajstić information content (AvgIpc) is 2.98. The normalized spacial score (nSPS) is 11.1. The van der Waals surface area contributed by atoms with Gasteiger partial charge in [-0.25, -0.2) is 9.50 Å². The lowest BCUT2D eigenvalue weighted by Crippen LogP contribution is -1.90. The van der Waals surface area contributed by atoms with Crippen LogP contribution in [0.3, 0.4) is 0 Å². The summed E-state index contributed by atoms with van der Waals surface area (Å²) < 4.78 is 1.90. The predicted octanol–water partition coefficient (Wildman–Crippen LogP) is 3.57. The van der Waals surface area contributed by atoms with Gasteiger partial charge in [-0.15, -0.1) is 23.1 Å². The SMILES string of the molecule is CCSc1nccn2nc(-c3cccs3)cc12. The van der Waals surface area contributed by atoms with Crippen LogP contribution in [-0.4, -0.2) is 20.4 Å². The molecule has 3 rings (SSSR count). The molecule has 3 aromatic heterocycles. The molecule has 0 bridgehead atoms. The highest BCUT2D eigenvalue weighted by molar-refractivity contribution is 7.99. The van der Waals surface area contributed by atoms with Crippen molar-refractivity contribution in [2.75, 3.05) is 5.75 Å².